The van der Waals surface area contributed by atoms with Crippen molar-refractivity contribution in [3.8, 4) is 11.8 Å². The van der Waals surface area contributed by atoms with E-state index in [1.54, 1.807) is 11.3 Å². The van der Waals surface area contributed by atoms with Gasteiger partial charge in [0, 0.05) is 35.3 Å². The van der Waals surface area contributed by atoms with E-state index in [-0.39, 0.29) is 6.61 Å². The third-order valence-corrected chi connectivity index (χ3v) is 4.61. The molecule has 0 saturated heterocycles. The highest BCUT2D eigenvalue weighted by atomic mass is 32.1. The van der Waals surface area contributed by atoms with Crippen molar-refractivity contribution in [2.24, 2.45) is 5.92 Å². The number of rotatable bonds is 6. The Morgan fingerprint density at radius 3 is 2.95 bits per heavy atom. The summed E-state index contributed by atoms with van der Waals surface area (Å²) in [5, 5.41) is 10.8. The van der Waals surface area contributed by atoms with Gasteiger partial charge in [-0.25, -0.2) is 0 Å². The van der Waals surface area contributed by atoms with E-state index in [2.05, 4.69) is 35.1 Å². The average molecular weight is 277 g/mol. The average Bonchev–Trinajstić information content (AvgIpc) is 2.80. The third kappa shape index (κ3) is 4.65. The Balaban J connectivity index is 1.85. The Bertz CT molecular complexity index is 439. The van der Waals surface area contributed by atoms with E-state index in [1.165, 1.54) is 30.7 Å². The molecule has 2 rings (SSSR count). The lowest BCUT2D eigenvalue weighted by Crippen LogP contribution is -2.31. The van der Waals surface area contributed by atoms with Crippen molar-refractivity contribution >= 4 is 11.3 Å². The SMILES string of the molecule is CCN(Cc1cc(C#CCCO)cs1)CC1CCC1. The van der Waals surface area contributed by atoms with Gasteiger partial charge in [0.1, 0.15) is 0 Å². The highest BCUT2D eigenvalue weighted by molar-refractivity contribution is 7.10. The van der Waals surface area contributed by atoms with Gasteiger partial charge in [0.25, 0.3) is 0 Å². The molecule has 1 aliphatic carbocycles. The van der Waals surface area contributed by atoms with Gasteiger partial charge < -0.3 is 5.11 Å². The van der Waals surface area contributed by atoms with Crippen LogP contribution in [-0.4, -0.2) is 29.7 Å². The number of hydrogen-bond acceptors (Lipinski definition) is 3. The van der Waals surface area contributed by atoms with Crippen LogP contribution in [0.1, 0.15) is 43.0 Å². The molecule has 0 radical (unpaired) electrons. The first-order chi connectivity index (χ1) is 9.31. The number of aliphatic hydroxyl groups excluding tert-OH is 1. The van der Waals surface area contributed by atoms with E-state index < -0.39 is 0 Å². The number of hydrogen-bond donors (Lipinski definition) is 1. The Morgan fingerprint density at radius 1 is 1.47 bits per heavy atom. The summed E-state index contributed by atoms with van der Waals surface area (Å²) in [6, 6.07) is 2.19. The van der Waals surface area contributed by atoms with Gasteiger partial charge in [-0.05, 0) is 31.4 Å². The molecule has 1 fully saturated rings. The van der Waals surface area contributed by atoms with Crippen LogP contribution in [0.5, 0.6) is 0 Å². The summed E-state index contributed by atoms with van der Waals surface area (Å²) in [6.07, 6.45) is 4.82. The molecule has 104 valence electrons. The number of thiophene rings is 1. The summed E-state index contributed by atoms with van der Waals surface area (Å²) in [5.74, 6) is 7.01. The molecule has 1 saturated carbocycles. The fraction of sp³-hybridized carbons (Fsp3) is 0.625. The van der Waals surface area contributed by atoms with E-state index in [4.69, 9.17) is 5.11 Å². The fourth-order valence-corrected chi connectivity index (χ4v) is 3.17. The van der Waals surface area contributed by atoms with Gasteiger partial charge >= 0.3 is 0 Å². The smallest absolute Gasteiger partial charge is 0.0540 e. The van der Waals surface area contributed by atoms with Crippen LogP contribution < -0.4 is 0 Å². The van der Waals surface area contributed by atoms with Crippen molar-refractivity contribution in [3.05, 3.63) is 21.9 Å². The quantitative estimate of drug-likeness (QED) is 0.808. The van der Waals surface area contributed by atoms with Crippen LogP contribution in [0.4, 0.5) is 0 Å². The zero-order valence-electron chi connectivity index (χ0n) is 11.7. The molecule has 0 amide bonds. The molecular weight excluding hydrogens is 254 g/mol. The monoisotopic (exact) mass is 277 g/mol. The molecule has 1 aromatic rings. The van der Waals surface area contributed by atoms with Gasteiger partial charge in [-0.1, -0.05) is 25.2 Å². The first kappa shape index (κ1) is 14.6. The van der Waals surface area contributed by atoms with E-state index in [1.807, 2.05) is 0 Å². The second-order valence-corrected chi connectivity index (χ2v) is 6.20. The predicted molar refractivity (Wildman–Crippen MR) is 81.2 cm³/mol. The maximum absolute atomic E-state index is 8.71. The van der Waals surface area contributed by atoms with Crippen LogP contribution in [0.2, 0.25) is 0 Å². The molecule has 2 nitrogen and oxygen atoms in total. The molecule has 19 heavy (non-hydrogen) atoms. The van der Waals surface area contributed by atoms with Crippen molar-refractivity contribution in [1.29, 1.82) is 0 Å². The van der Waals surface area contributed by atoms with Crippen molar-refractivity contribution < 1.29 is 5.11 Å². The maximum Gasteiger partial charge on any atom is 0.0540 e. The van der Waals surface area contributed by atoms with Crippen LogP contribution in [-0.2, 0) is 6.54 Å². The molecule has 0 aliphatic heterocycles. The molecular formula is C16H23NOS. The highest BCUT2D eigenvalue weighted by Gasteiger charge is 2.20. The van der Waals surface area contributed by atoms with Crippen LogP contribution in [0.25, 0.3) is 0 Å². The van der Waals surface area contributed by atoms with Gasteiger partial charge in [-0.2, -0.15) is 0 Å². The molecule has 0 bridgehead atoms. The lowest BCUT2D eigenvalue weighted by Gasteiger charge is -2.31. The molecule has 1 aliphatic rings. The molecule has 0 atom stereocenters. The van der Waals surface area contributed by atoms with Gasteiger partial charge in [0.05, 0.1) is 6.61 Å². The van der Waals surface area contributed by atoms with Gasteiger partial charge in [0.15, 0.2) is 0 Å². The molecule has 3 heteroatoms. The first-order valence-electron chi connectivity index (χ1n) is 7.21. The molecule has 0 aromatic carbocycles. The number of nitrogens with zero attached hydrogens (tertiary/aromatic N) is 1. The van der Waals surface area contributed by atoms with Crippen LogP contribution in [0.15, 0.2) is 11.4 Å². The minimum atomic E-state index is 0.148. The molecule has 1 heterocycles. The standard InChI is InChI=1S/C16H23NOS/c1-2-17(11-14-7-5-8-14)12-16-10-15(13-19-16)6-3-4-9-18/h10,13-14,18H,2,4-5,7-9,11-12H2,1H3. The largest absolute Gasteiger partial charge is 0.395 e. The maximum atomic E-state index is 8.71. The molecule has 1 aromatic heterocycles. The van der Waals surface area contributed by atoms with Gasteiger partial charge in [0.2, 0.25) is 0 Å². The second-order valence-electron chi connectivity index (χ2n) is 5.20. The summed E-state index contributed by atoms with van der Waals surface area (Å²) < 4.78 is 0. The summed E-state index contributed by atoms with van der Waals surface area (Å²) in [7, 11) is 0. The Hall–Kier alpha value is -0.820. The zero-order chi connectivity index (χ0) is 13.5. The summed E-state index contributed by atoms with van der Waals surface area (Å²) >= 11 is 1.80. The Labute approximate surface area is 120 Å². The topological polar surface area (TPSA) is 23.5 Å². The Kier molecular flexibility index (Phi) is 5.91. The van der Waals surface area contributed by atoms with Crippen LogP contribution in [0, 0.1) is 17.8 Å². The minimum Gasteiger partial charge on any atom is -0.395 e. The fourth-order valence-electron chi connectivity index (χ4n) is 2.32. The van der Waals surface area contributed by atoms with Crippen molar-refractivity contribution in [2.75, 3.05) is 19.7 Å². The number of aliphatic hydroxyl groups is 1. The van der Waals surface area contributed by atoms with E-state index in [0.717, 1.165) is 24.6 Å². The zero-order valence-corrected chi connectivity index (χ0v) is 12.5. The second kappa shape index (κ2) is 7.69. The predicted octanol–water partition coefficient (Wildman–Crippen LogP) is 3.10. The summed E-state index contributed by atoms with van der Waals surface area (Å²) in [4.78, 5) is 3.94. The van der Waals surface area contributed by atoms with E-state index in [9.17, 15) is 0 Å². The lowest BCUT2D eigenvalue weighted by molar-refractivity contribution is 0.179. The lowest BCUT2D eigenvalue weighted by atomic mass is 9.85. The summed E-state index contributed by atoms with van der Waals surface area (Å²) in [6.45, 7) is 5.82. The van der Waals surface area contributed by atoms with Gasteiger partial charge in [-0.15, -0.1) is 11.3 Å². The molecule has 1 N–H and O–H groups in total. The van der Waals surface area contributed by atoms with Crippen molar-refractivity contribution in [2.45, 2.75) is 39.2 Å². The normalized spacial score (nSPS) is 15.1. The van der Waals surface area contributed by atoms with Crippen molar-refractivity contribution in [1.82, 2.24) is 4.90 Å². The first-order valence-corrected chi connectivity index (χ1v) is 8.09. The van der Waals surface area contributed by atoms with Gasteiger partial charge in [-0.3, -0.25) is 4.90 Å². The third-order valence-electron chi connectivity index (χ3n) is 3.69. The minimum absolute atomic E-state index is 0.148. The highest BCUT2D eigenvalue weighted by Crippen LogP contribution is 2.28. The summed E-state index contributed by atoms with van der Waals surface area (Å²) in [5.41, 5.74) is 1.09. The van der Waals surface area contributed by atoms with Crippen LogP contribution >= 0.6 is 11.3 Å². The van der Waals surface area contributed by atoms with Crippen LogP contribution in [0.3, 0.4) is 0 Å². The van der Waals surface area contributed by atoms with E-state index >= 15 is 0 Å². The molecule has 0 unspecified atom stereocenters. The molecule has 0 spiro atoms. The van der Waals surface area contributed by atoms with Crippen molar-refractivity contribution in [3.63, 3.8) is 0 Å². The Morgan fingerprint density at radius 2 is 2.32 bits per heavy atom. The van der Waals surface area contributed by atoms with E-state index in [0.29, 0.717) is 6.42 Å².